The van der Waals surface area contributed by atoms with Crippen molar-refractivity contribution < 1.29 is 4.74 Å². The minimum atomic E-state index is 0.168. The largest absolute Gasteiger partial charge is 0.495 e. The monoisotopic (exact) mass is 512 g/mol. The Morgan fingerprint density at radius 2 is 2.09 bits per heavy atom. The molecule has 0 saturated heterocycles. The summed E-state index contributed by atoms with van der Waals surface area (Å²) < 4.78 is 10.6. The second-order valence-electron chi connectivity index (χ2n) is 7.85. The van der Waals surface area contributed by atoms with E-state index >= 15 is 0 Å². The van der Waals surface area contributed by atoms with Crippen LogP contribution in [-0.2, 0) is 6.42 Å². The molecule has 164 valence electrons. The first-order chi connectivity index (χ1) is 15.5. The van der Waals surface area contributed by atoms with Gasteiger partial charge < -0.3 is 14.6 Å². The normalized spacial score (nSPS) is 15.7. The summed E-state index contributed by atoms with van der Waals surface area (Å²) in [5, 5.41) is 13.2. The molecule has 0 radical (unpaired) electrons. The molecule has 0 saturated carbocycles. The van der Waals surface area contributed by atoms with Gasteiger partial charge in [-0.2, -0.15) is 0 Å². The number of aromatic nitrogens is 5. The van der Waals surface area contributed by atoms with Gasteiger partial charge in [0.15, 0.2) is 0 Å². The van der Waals surface area contributed by atoms with Gasteiger partial charge in [0, 0.05) is 27.8 Å². The number of methoxy groups -OCH3 is 1. The Labute approximate surface area is 199 Å². The Morgan fingerprint density at radius 1 is 1.22 bits per heavy atom. The van der Waals surface area contributed by atoms with Crippen LogP contribution in [0.4, 0.5) is 5.69 Å². The molecule has 0 bridgehead atoms. The molecule has 0 aliphatic carbocycles. The Balaban J connectivity index is 1.39. The zero-order valence-corrected chi connectivity index (χ0v) is 20.1. The number of nitrogens with one attached hydrogen (secondary N) is 1. The second kappa shape index (κ2) is 8.60. The lowest BCUT2D eigenvalue weighted by Crippen LogP contribution is -2.18. The highest BCUT2D eigenvalue weighted by molar-refractivity contribution is 9.10. The minimum absolute atomic E-state index is 0.168. The topological polar surface area (TPSA) is 69.8 Å². The second-order valence-corrected chi connectivity index (χ2v) is 9.11. The van der Waals surface area contributed by atoms with Crippen LogP contribution >= 0.6 is 27.5 Å². The highest BCUT2D eigenvalue weighted by Gasteiger charge is 2.22. The average molecular weight is 514 g/mol. The third-order valence-electron chi connectivity index (χ3n) is 5.80. The van der Waals surface area contributed by atoms with Crippen molar-refractivity contribution in [1.29, 1.82) is 0 Å². The van der Waals surface area contributed by atoms with Crippen LogP contribution in [0.5, 0.6) is 5.75 Å². The van der Waals surface area contributed by atoms with Crippen LogP contribution in [0.25, 0.3) is 16.9 Å². The Bertz CT molecular complexity index is 1250. The van der Waals surface area contributed by atoms with Crippen LogP contribution in [0.15, 0.2) is 53.5 Å². The molecule has 1 atom stereocenters. The molecule has 5 rings (SSSR count). The van der Waals surface area contributed by atoms with Gasteiger partial charge in [-0.1, -0.05) is 22.9 Å². The van der Waals surface area contributed by atoms with Gasteiger partial charge in [0.2, 0.25) is 0 Å². The van der Waals surface area contributed by atoms with Crippen LogP contribution in [-0.4, -0.2) is 38.2 Å². The molecule has 1 N–H and O–H groups in total. The third-order valence-corrected chi connectivity index (χ3v) is 6.81. The summed E-state index contributed by atoms with van der Waals surface area (Å²) in [5.41, 5.74) is 5.83. The van der Waals surface area contributed by atoms with Gasteiger partial charge in [0.1, 0.15) is 11.4 Å². The number of nitrogens with zero attached hydrogens (tertiary/aromatic N) is 5. The first-order valence-electron chi connectivity index (χ1n) is 10.4. The standard InChI is InChI=1S/C23H22BrClN6O/c1-14-11-30(13-27-14)21-8-3-15(9-22(21)32-2)20-12-31(29-28-20)16-4-5-17-19(25)7-6-18(24)23(17)26-10-16/h3,6-9,11-13,16,26H,4-5,10H2,1-2H3. The predicted molar refractivity (Wildman–Crippen MR) is 129 cm³/mol. The van der Waals surface area contributed by atoms with Crippen LogP contribution < -0.4 is 10.1 Å². The van der Waals surface area contributed by atoms with Crippen molar-refractivity contribution in [2.75, 3.05) is 19.0 Å². The van der Waals surface area contributed by atoms with Crippen LogP contribution in [0.1, 0.15) is 23.7 Å². The van der Waals surface area contributed by atoms with Gasteiger partial charge >= 0.3 is 0 Å². The summed E-state index contributed by atoms with van der Waals surface area (Å²) >= 11 is 10.1. The predicted octanol–water partition coefficient (Wildman–Crippen LogP) is 5.46. The van der Waals surface area contributed by atoms with Gasteiger partial charge in [-0.15, -0.1) is 5.10 Å². The van der Waals surface area contributed by atoms with Gasteiger partial charge in [0.25, 0.3) is 0 Å². The summed E-state index contributed by atoms with van der Waals surface area (Å²) in [5.74, 6) is 0.750. The summed E-state index contributed by atoms with van der Waals surface area (Å²) in [4.78, 5) is 4.30. The van der Waals surface area contributed by atoms with E-state index in [9.17, 15) is 0 Å². The number of ether oxygens (including phenoxy) is 1. The van der Waals surface area contributed by atoms with Gasteiger partial charge in [-0.05, 0) is 65.5 Å². The molecular weight excluding hydrogens is 492 g/mol. The molecule has 1 unspecified atom stereocenters. The maximum atomic E-state index is 6.44. The first kappa shape index (κ1) is 21.0. The zero-order valence-electron chi connectivity index (χ0n) is 17.7. The number of anilines is 1. The lowest BCUT2D eigenvalue weighted by atomic mass is 10.1. The Kier molecular flexibility index (Phi) is 5.65. The SMILES string of the molecule is COc1cc(-c2cn(C3CCc4c(Cl)ccc(Br)c4NC3)nn2)ccc1-n1cnc(C)c1. The van der Waals surface area contributed by atoms with E-state index < -0.39 is 0 Å². The van der Waals surface area contributed by atoms with E-state index in [2.05, 4.69) is 36.5 Å². The van der Waals surface area contributed by atoms with E-state index in [1.54, 1.807) is 13.4 Å². The van der Waals surface area contributed by atoms with Crippen molar-refractivity contribution in [2.24, 2.45) is 0 Å². The lowest BCUT2D eigenvalue weighted by molar-refractivity contribution is 0.413. The fourth-order valence-corrected chi connectivity index (χ4v) is 4.84. The number of hydrogen-bond acceptors (Lipinski definition) is 5. The highest BCUT2D eigenvalue weighted by Crippen LogP contribution is 2.37. The number of benzene rings is 2. The average Bonchev–Trinajstić information content (AvgIpc) is 3.40. The molecule has 32 heavy (non-hydrogen) atoms. The van der Waals surface area contributed by atoms with E-state index in [4.69, 9.17) is 16.3 Å². The maximum absolute atomic E-state index is 6.44. The number of imidazole rings is 1. The van der Waals surface area contributed by atoms with E-state index in [0.29, 0.717) is 0 Å². The minimum Gasteiger partial charge on any atom is -0.495 e. The van der Waals surface area contributed by atoms with Crippen molar-refractivity contribution >= 4 is 33.2 Å². The number of halogens is 2. The fourth-order valence-electron chi connectivity index (χ4n) is 4.08. The molecular formula is C23H22BrClN6O. The van der Waals surface area contributed by atoms with Crippen molar-refractivity contribution in [1.82, 2.24) is 24.5 Å². The van der Waals surface area contributed by atoms with E-state index in [1.165, 1.54) is 0 Å². The van der Waals surface area contributed by atoms with E-state index in [1.807, 2.05) is 58.9 Å². The van der Waals surface area contributed by atoms with Crippen molar-refractivity contribution in [3.8, 4) is 22.7 Å². The van der Waals surface area contributed by atoms with Crippen molar-refractivity contribution in [3.63, 3.8) is 0 Å². The molecule has 0 amide bonds. The molecule has 0 fully saturated rings. The molecule has 3 heterocycles. The summed E-state index contributed by atoms with van der Waals surface area (Å²) in [6.45, 7) is 2.71. The number of rotatable bonds is 4. The van der Waals surface area contributed by atoms with Gasteiger partial charge in [0.05, 0.1) is 42.7 Å². The van der Waals surface area contributed by atoms with Crippen LogP contribution in [0.3, 0.4) is 0 Å². The smallest absolute Gasteiger partial charge is 0.143 e. The number of aryl methyl sites for hydroxylation is 1. The molecule has 0 spiro atoms. The molecule has 2 aromatic carbocycles. The van der Waals surface area contributed by atoms with E-state index in [0.717, 1.165) is 68.5 Å². The van der Waals surface area contributed by atoms with Crippen LogP contribution in [0.2, 0.25) is 5.02 Å². The third kappa shape index (κ3) is 3.89. The zero-order chi connectivity index (χ0) is 22.2. The first-order valence-corrected chi connectivity index (χ1v) is 11.5. The maximum Gasteiger partial charge on any atom is 0.143 e. The number of hydrogen-bond donors (Lipinski definition) is 1. The summed E-state index contributed by atoms with van der Waals surface area (Å²) in [7, 11) is 1.67. The number of fused-ring (bicyclic) bond motifs is 1. The molecule has 9 heteroatoms. The Morgan fingerprint density at radius 3 is 2.88 bits per heavy atom. The molecule has 7 nitrogen and oxygen atoms in total. The quantitative estimate of drug-likeness (QED) is 0.392. The molecule has 1 aliphatic rings. The van der Waals surface area contributed by atoms with Crippen molar-refractivity contribution in [3.05, 3.63) is 69.8 Å². The molecule has 1 aliphatic heterocycles. The lowest BCUT2D eigenvalue weighted by Gasteiger charge is -2.14. The van der Waals surface area contributed by atoms with Crippen molar-refractivity contribution in [2.45, 2.75) is 25.8 Å². The van der Waals surface area contributed by atoms with Gasteiger partial charge in [-0.3, -0.25) is 0 Å². The molecule has 4 aromatic rings. The Hall–Kier alpha value is -2.84. The van der Waals surface area contributed by atoms with E-state index in [-0.39, 0.29) is 6.04 Å². The van der Waals surface area contributed by atoms with Crippen LogP contribution in [0, 0.1) is 6.92 Å². The molecule has 2 aromatic heterocycles. The highest BCUT2D eigenvalue weighted by atomic mass is 79.9. The fraction of sp³-hybridized carbons (Fsp3) is 0.261. The summed E-state index contributed by atoms with van der Waals surface area (Å²) in [6.07, 6.45) is 7.53. The summed E-state index contributed by atoms with van der Waals surface area (Å²) in [6, 6.07) is 10.1. The van der Waals surface area contributed by atoms with Gasteiger partial charge in [-0.25, -0.2) is 9.67 Å².